The zero-order chi connectivity index (χ0) is 19.3. The topological polar surface area (TPSA) is 18.5 Å². The van der Waals surface area contributed by atoms with Crippen LogP contribution >= 0.6 is 11.8 Å². The van der Waals surface area contributed by atoms with Gasteiger partial charge in [0.1, 0.15) is 5.75 Å². The molecule has 26 heavy (non-hydrogen) atoms. The lowest BCUT2D eigenvalue weighted by atomic mass is 9.76. The van der Waals surface area contributed by atoms with Gasteiger partial charge in [-0.15, -0.1) is 0 Å². The number of unbranched alkanes of at least 4 members (excludes halogenated alkanes) is 2. The standard InChI is InChI=1S/C23H40O2S/c1-6-8-9-18-26-19-16-21(24-4)11-10-17-23(3,7-2)20-12-14-22(25-5)15-13-20/h12-15,21H,6-11,16-19H2,1-5H3. The van der Waals surface area contributed by atoms with Crippen molar-refractivity contribution in [2.24, 2.45) is 0 Å². The summed E-state index contributed by atoms with van der Waals surface area (Å²) < 4.78 is 11.0. The van der Waals surface area contributed by atoms with Crippen molar-refractivity contribution in [2.75, 3.05) is 25.7 Å². The molecular formula is C23H40O2S. The highest BCUT2D eigenvalue weighted by molar-refractivity contribution is 7.99. The molecule has 150 valence electrons. The van der Waals surface area contributed by atoms with Gasteiger partial charge in [0.05, 0.1) is 13.2 Å². The average Bonchev–Trinajstić information content (AvgIpc) is 2.69. The Morgan fingerprint density at radius 1 is 0.962 bits per heavy atom. The van der Waals surface area contributed by atoms with Gasteiger partial charge in [0, 0.05) is 7.11 Å². The second kappa shape index (κ2) is 13.5. The SMILES string of the molecule is CCCCCSCCC(CCCC(C)(CC)c1ccc(OC)cc1)OC. The van der Waals surface area contributed by atoms with Crippen molar-refractivity contribution < 1.29 is 9.47 Å². The molecule has 2 nitrogen and oxygen atoms in total. The smallest absolute Gasteiger partial charge is 0.118 e. The van der Waals surface area contributed by atoms with Gasteiger partial charge >= 0.3 is 0 Å². The highest BCUT2D eigenvalue weighted by Gasteiger charge is 2.24. The van der Waals surface area contributed by atoms with Crippen LogP contribution in [-0.2, 0) is 10.2 Å². The summed E-state index contributed by atoms with van der Waals surface area (Å²) in [6.45, 7) is 6.95. The second-order valence-electron chi connectivity index (χ2n) is 7.50. The summed E-state index contributed by atoms with van der Waals surface area (Å²) in [6, 6.07) is 8.61. The number of thioether (sulfide) groups is 1. The third-order valence-corrected chi connectivity index (χ3v) is 6.73. The highest BCUT2D eigenvalue weighted by atomic mass is 32.2. The molecule has 0 heterocycles. The minimum atomic E-state index is 0.236. The number of ether oxygens (including phenoxy) is 2. The van der Waals surface area contributed by atoms with Gasteiger partial charge in [-0.3, -0.25) is 0 Å². The maximum absolute atomic E-state index is 5.73. The Bertz CT molecular complexity index is 460. The van der Waals surface area contributed by atoms with Crippen LogP contribution in [0.25, 0.3) is 0 Å². The van der Waals surface area contributed by atoms with Crippen LogP contribution < -0.4 is 4.74 Å². The second-order valence-corrected chi connectivity index (χ2v) is 8.73. The Labute approximate surface area is 166 Å². The van der Waals surface area contributed by atoms with Crippen molar-refractivity contribution in [3.63, 3.8) is 0 Å². The fraction of sp³-hybridized carbons (Fsp3) is 0.739. The summed E-state index contributed by atoms with van der Waals surface area (Å²) in [5, 5.41) is 0. The Hall–Kier alpha value is -0.670. The normalized spacial score (nSPS) is 14.8. The Morgan fingerprint density at radius 3 is 2.27 bits per heavy atom. The number of rotatable bonds is 15. The van der Waals surface area contributed by atoms with E-state index in [-0.39, 0.29) is 5.41 Å². The quantitative estimate of drug-likeness (QED) is 0.310. The molecule has 0 aromatic heterocycles. The molecule has 0 aliphatic heterocycles. The van der Waals surface area contributed by atoms with E-state index in [1.165, 1.54) is 55.6 Å². The first kappa shape index (κ1) is 23.4. The van der Waals surface area contributed by atoms with E-state index < -0.39 is 0 Å². The predicted molar refractivity (Wildman–Crippen MR) is 117 cm³/mol. The van der Waals surface area contributed by atoms with Crippen LogP contribution in [-0.4, -0.2) is 31.8 Å². The van der Waals surface area contributed by atoms with Crippen LogP contribution in [0.4, 0.5) is 0 Å². The molecule has 1 aromatic rings. The third-order valence-electron chi connectivity index (χ3n) is 5.63. The molecule has 1 aromatic carbocycles. The highest BCUT2D eigenvalue weighted by Crippen LogP contribution is 2.34. The lowest BCUT2D eigenvalue weighted by molar-refractivity contribution is 0.0890. The number of hydrogen-bond acceptors (Lipinski definition) is 3. The van der Waals surface area contributed by atoms with Crippen molar-refractivity contribution >= 4 is 11.8 Å². The molecule has 0 radical (unpaired) electrons. The Kier molecular flexibility index (Phi) is 12.1. The van der Waals surface area contributed by atoms with Gasteiger partial charge in [-0.25, -0.2) is 0 Å². The van der Waals surface area contributed by atoms with E-state index in [0.29, 0.717) is 6.10 Å². The van der Waals surface area contributed by atoms with Gasteiger partial charge in [0.2, 0.25) is 0 Å². The van der Waals surface area contributed by atoms with E-state index in [4.69, 9.17) is 9.47 Å². The summed E-state index contributed by atoms with van der Waals surface area (Å²) in [5.74, 6) is 3.46. The van der Waals surface area contributed by atoms with E-state index in [9.17, 15) is 0 Å². The molecule has 1 rings (SSSR count). The molecule has 0 bridgehead atoms. The summed E-state index contributed by atoms with van der Waals surface area (Å²) >= 11 is 2.09. The van der Waals surface area contributed by atoms with Crippen LogP contribution in [0, 0.1) is 0 Å². The summed E-state index contributed by atoms with van der Waals surface area (Å²) in [4.78, 5) is 0. The van der Waals surface area contributed by atoms with Gasteiger partial charge < -0.3 is 9.47 Å². The van der Waals surface area contributed by atoms with Crippen molar-refractivity contribution in [3.8, 4) is 5.75 Å². The van der Waals surface area contributed by atoms with E-state index in [1.807, 2.05) is 7.11 Å². The van der Waals surface area contributed by atoms with Crippen molar-refractivity contribution in [2.45, 2.75) is 83.7 Å². The molecule has 3 heteroatoms. The molecule has 0 fully saturated rings. The zero-order valence-electron chi connectivity index (χ0n) is 17.7. The molecule has 0 N–H and O–H groups in total. The zero-order valence-corrected chi connectivity index (χ0v) is 18.5. The molecule has 0 spiro atoms. The predicted octanol–water partition coefficient (Wildman–Crippen LogP) is 6.86. The fourth-order valence-electron chi connectivity index (χ4n) is 3.39. The average molecular weight is 381 g/mol. The molecule has 2 unspecified atom stereocenters. The Morgan fingerprint density at radius 2 is 1.69 bits per heavy atom. The molecule has 0 aliphatic carbocycles. The van der Waals surface area contributed by atoms with Gasteiger partial charge in [-0.05, 0) is 73.1 Å². The van der Waals surface area contributed by atoms with E-state index in [2.05, 4.69) is 56.8 Å². The molecule has 0 saturated heterocycles. The number of hydrogen-bond donors (Lipinski definition) is 0. The number of benzene rings is 1. The summed E-state index contributed by atoms with van der Waals surface area (Å²) in [5.41, 5.74) is 1.65. The van der Waals surface area contributed by atoms with Crippen LogP contribution in [0.5, 0.6) is 5.75 Å². The Balaban J connectivity index is 2.38. The van der Waals surface area contributed by atoms with Gasteiger partial charge in [-0.2, -0.15) is 11.8 Å². The summed E-state index contributed by atoms with van der Waals surface area (Å²) in [6.07, 6.45) is 10.4. The first-order valence-corrected chi connectivity index (χ1v) is 11.5. The van der Waals surface area contributed by atoms with E-state index in [0.717, 1.165) is 18.6 Å². The van der Waals surface area contributed by atoms with E-state index >= 15 is 0 Å². The largest absolute Gasteiger partial charge is 0.497 e. The molecule has 2 atom stereocenters. The first-order chi connectivity index (χ1) is 12.6. The summed E-state index contributed by atoms with van der Waals surface area (Å²) in [7, 11) is 3.59. The number of methoxy groups -OCH3 is 2. The van der Waals surface area contributed by atoms with Crippen LogP contribution in [0.15, 0.2) is 24.3 Å². The van der Waals surface area contributed by atoms with Crippen molar-refractivity contribution in [1.82, 2.24) is 0 Å². The molecule has 0 amide bonds. The minimum absolute atomic E-state index is 0.236. The van der Waals surface area contributed by atoms with Crippen molar-refractivity contribution in [3.05, 3.63) is 29.8 Å². The molecule has 0 aliphatic rings. The van der Waals surface area contributed by atoms with Gasteiger partial charge in [0.25, 0.3) is 0 Å². The monoisotopic (exact) mass is 380 g/mol. The minimum Gasteiger partial charge on any atom is -0.497 e. The fourth-order valence-corrected chi connectivity index (χ4v) is 4.43. The van der Waals surface area contributed by atoms with Gasteiger partial charge in [-0.1, -0.05) is 45.7 Å². The third kappa shape index (κ3) is 8.35. The first-order valence-electron chi connectivity index (χ1n) is 10.3. The van der Waals surface area contributed by atoms with E-state index in [1.54, 1.807) is 7.11 Å². The lowest BCUT2D eigenvalue weighted by Crippen LogP contribution is -2.22. The molecular weight excluding hydrogens is 340 g/mol. The molecule has 0 saturated carbocycles. The van der Waals surface area contributed by atoms with Crippen LogP contribution in [0.3, 0.4) is 0 Å². The van der Waals surface area contributed by atoms with Crippen LogP contribution in [0.2, 0.25) is 0 Å². The van der Waals surface area contributed by atoms with Crippen molar-refractivity contribution in [1.29, 1.82) is 0 Å². The maximum Gasteiger partial charge on any atom is 0.118 e. The van der Waals surface area contributed by atoms with Crippen LogP contribution in [0.1, 0.15) is 77.7 Å². The lowest BCUT2D eigenvalue weighted by Gasteiger charge is -2.30. The van der Waals surface area contributed by atoms with Gasteiger partial charge in [0.15, 0.2) is 0 Å². The maximum atomic E-state index is 5.73.